The number of ether oxygens (including phenoxy) is 1. The molecule has 3 rings (SSSR count). The Morgan fingerprint density at radius 2 is 1.54 bits per heavy atom. The van der Waals surface area contributed by atoms with Gasteiger partial charge in [-0.15, -0.1) is 0 Å². The molecule has 1 aliphatic heterocycles. The molecule has 1 saturated heterocycles. The highest BCUT2D eigenvalue weighted by atomic mass is 16.5. The van der Waals surface area contributed by atoms with Crippen LogP contribution in [0.1, 0.15) is 16.8 Å². The van der Waals surface area contributed by atoms with Crippen LogP contribution in [0.15, 0.2) is 54.6 Å². The smallest absolute Gasteiger partial charge is 0.321 e. The molecule has 0 saturated carbocycles. The molecule has 0 aromatic heterocycles. The van der Waals surface area contributed by atoms with Gasteiger partial charge in [-0.2, -0.15) is 0 Å². The fraction of sp³-hybridized carbons (Fsp3) is 0.300. The fourth-order valence-electron chi connectivity index (χ4n) is 2.96. The van der Waals surface area contributed by atoms with E-state index in [0.717, 1.165) is 17.9 Å². The van der Waals surface area contributed by atoms with Crippen LogP contribution in [0, 0.1) is 0 Å². The number of anilines is 1. The van der Waals surface area contributed by atoms with E-state index >= 15 is 0 Å². The molecule has 6 heteroatoms. The fourth-order valence-corrected chi connectivity index (χ4v) is 2.96. The van der Waals surface area contributed by atoms with Gasteiger partial charge in [0.05, 0.1) is 7.11 Å². The second-order valence-electron chi connectivity index (χ2n) is 6.16. The van der Waals surface area contributed by atoms with Gasteiger partial charge in [0.1, 0.15) is 5.75 Å². The molecular weight excluding hydrogens is 330 g/mol. The molecule has 3 amide bonds. The Kier molecular flexibility index (Phi) is 5.73. The van der Waals surface area contributed by atoms with E-state index in [0.29, 0.717) is 31.7 Å². The Balaban J connectivity index is 1.58. The van der Waals surface area contributed by atoms with E-state index in [-0.39, 0.29) is 11.9 Å². The van der Waals surface area contributed by atoms with Gasteiger partial charge in [-0.25, -0.2) is 4.79 Å². The zero-order valence-corrected chi connectivity index (χ0v) is 14.9. The van der Waals surface area contributed by atoms with Crippen molar-refractivity contribution in [3.63, 3.8) is 0 Å². The summed E-state index contributed by atoms with van der Waals surface area (Å²) in [7, 11) is 1.60. The minimum absolute atomic E-state index is 0.0158. The summed E-state index contributed by atoms with van der Waals surface area (Å²) in [5, 5.41) is 2.90. The summed E-state index contributed by atoms with van der Waals surface area (Å²) in [5.74, 6) is 0.708. The first-order chi connectivity index (χ1) is 12.7. The van der Waals surface area contributed by atoms with Crippen LogP contribution in [-0.4, -0.2) is 55.0 Å². The number of amides is 3. The molecular formula is C20H23N3O3. The van der Waals surface area contributed by atoms with Crippen LogP contribution < -0.4 is 10.1 Å². The summed E-state index contributed by atoms with van der Waals surface area (Å²) in [6.45, 7) is 2.30. The molecule has 2 aromatic carbocycles. The van der Waals surface area contributed by atoms with Gasteiger partial charge in [0.25, 0.3) is 5.91 Å². The minimum Gasteiger partial charge on any atom is -0.497 e. The SMILES string of the molecule is COc1ccc(C(=O)N2CCCN(C(=O)Nc3ccccc3)CC2)cc1. The number of nitrogens with zero attached hydrogens (tertiary/aromatic N) is 2. The van der Waals surface area contributed by atoms with Crippen molar-refractivity contribution in [1.29, 1.82) is 0 Å². The normalized spacial score (nSPS) is 14.5. The van der Waals surface area contributed by atoms with E-state index in [2.05, 4.69) is 5.32 Å². The summed E-state index contributed by atoms with van der Waals surface area (Å²) in [4.78, 5) is 28.7. The summed E-state index contributed by atoms with van der Waals surface area (Å²) in [6, 6.07) is 16.4. The first-order valence-corrected chi connectivity index (χ1v) is 8.71. The number of carbonyl (C=O) groups is 2. The summed E-state index contributed by atoms with van der Waals surface area (Å²) >= 11 is 0. The van der Waals surface area contributed by atoms with Crippen LogP contribution in [0.5, 0.6) is 5.75 Å². The van der Waals surface area contributed by atoms with Crippen LogP contribution in [0.4, 0.5) is 10.5 Å². The van der Waals surface area contributed by atoms with Crippen molar-refractivity contribution >= 4 is 17.6 Å². The van der Waals surface area contributed by atoms with Crippen LogP contribution in [0.3, 0.4) is 0 Å². The second-order valence-corrected chi connectivity index (χ2v) is 6.16. The highest BCUT2D eigenvalue weighted by Crippen LogP contribution is 2.15. The Bertz CT molecular complexity index is 747. The third-order valence-corrected chi connectivity index (χ3v) is 4.43. The van der Waals surface area contributed by atoms with Gasteiger partial charge >= 0.3 is 6.03 Å². The van der Waals surface area contributed by atoms with Crippen molar-refractivity contribution in [1.82, 2.24) is 9.80 Å². The standard InChI is InChI=1S/C20H23N3O3/c1-26-18-10-8-16(9-11-18)19(24)22-12-5-13-23(15-14-22)20(25)21-17-6-3-2-4-7-17/h2-4,6-11H,5,12-15H2,1H3,(H,21,25). The number of para-hydroxylation sites is 1. The number of hydrogen-bond acceptors (Lipinski definition) is 3. The molecule has 6 nitrogen and oxygen atoms in total. The number of hydrogen-bond donors (Lipinski definition) is 1. The molecule has 1 N–H and O–H groups in total. The zero-order chi connectivity index (χ0) is 18.4. The summed E-state index contributed by atoms with van der Waals surface area (Å²) in [5.41, 5.74) is 1.40. The lowest BCUT2D eigenvalue weighted by atomic mass is 10.2. The van der Waals surface area contributed by atoms with Crippen molar-refractivity contribution in [2.75, 3.05) is 38.6 Å². The predicted molar refractivity (Wildman–Crippen MR) is 101 cm³/mol. The number of carbonyl (C=O) groups excluding carboxylic acids is 2. The van der Waals surface area contributed by atoms with E-state index in [1.807, 2.05) is 30.3 Å². The third-order valence-electron chi connectivity index (χ3n) is 4.43. The average molecular weight is 353 g/mol. The van der Waals surface area contributed by atoms with Crippen molar-refractivity contribution in [2.24, 2.45) is 0 Å². The topological polar surface area (TPSA) is 61.9 Å². The molecule has 1 heterocycles. The molecule has 0 aliphatic carbocycles. The van der Waals surface area contributed by atoms with Crippen molar-refractivity contribution in [3.8, 4) is 5.75 Å². The maximum atomic E-state index is 12.7. The number of benzene rings is 2. The zero-order valence-electron chi connectivity index (χ0n) is 14.9. The summed E-state index contributed by atoms with van der Waals surface area (Å²) < 4.78 is 5.13. The van der Waals surface area contributed by atoms with E-state index in [1.165, 1.54) is 0 Å². The van der Waals surface area contributed by atoms with Gasteiger partial charge in [0.15, 0.2) is 0 Å². The number of nitrogens with one attached hydrogen (secondary N) is 1. The molecule has 1 aliphatic rings. The lowest BCUT2D eigenvalue weighted by Crippen LogP contribution is -2.39. The van der Waals surface area contributed by atoms with Crippen molar-refractivity contribution in [2.45, 2.75) is 6.42 Å². The average Bonchev–Trinajstić information content (AvgIpc) is 2.94. The molecule has 26 heavy (non-hydrogen) atoms. The second kappa shape index (κ2) is 8.38. The quantitative estimate of drug-likeness (QED) is 0.922. The van der Waals surface area contributed by atoms with E-state index < -0.39 is 0 Å². The van der Waals surface area contributed by atoms with Gasteiger partial charge in [-0.05, 0) is 42.8 Å². The molecule has 1 fully saturated rings. The van der Waals surface area contributed by atoms with E-state index in [9.17, 15) is 9.59 Å². The van der Waals surface area contributed by atoms with Crippen LogP contribution in [0.25, 0.3) is 0 Å². The lowest BCUT2D eigenvalue weighted by Gasteiger charge is -2.22. The number of urea groups is 1. The molecule has 0 atom stereocenters. The molecule has 2 aromatic rings. The minimum atomic E-state index is -0.130. The van der Waals surface area contributed by atoms with Gasteiger partial charge in [-0.3, -0.25) is 4.79 Å². The van der Waals surface area contributed by atoms with Crippen LogP contribution in [0.2, 0.25) is 0 Å². The first-order valence-electron chi connectivity index (χ1n) is 8.71. The van der Waals surface area contributed by atoms with Gasteiger partial charge in [0.2, 0.25) is 0 Å². The highest BCUT2D eigenvalue weighted by molar-refractivity contribution is 5.94. The maximum absolute atomic E-state index is 12.7. The Morgan fingerprint density at radius 1 is 0.885 bits per heavy atom. The largest absolute Gasteiger partial charge is 0.497 e. The first kappa shape index (κ1) is 17.8. The highest BCUT2D eigenvalue weighted by Gasteiger charge is 2.22. The van der Waals surface area contributed by atoms with Crippen molar-refractivity contribution in [3.05, 3.63) is 60.2 Å². The Labute approximate surface area is 153 Å². The molecule has 0 spiro atoms. The molecule has 0 radical (unpaired) electrons. The monoisotopic (exact) mass is 353 g/mol. The van der Waals surface area contributed by atoms with E-state index in [4.69, 9.17) is 4.74 Å². The van der Waals surface area contributed by atoms with Crippen LogP contribution in [-0.2, 0) is 0 Å². The van der Waals surface area contributed by atoms with Gasteiger partial charge in [-0.1, -0.05) is 18.2 Å². The number of methoxy groups -OCH3 is 1. The van der Waals surface area contributed by atoms with Crippen molar-refractivity contribution < 1.29 is 14.3 Å². The molecule has 136 valence electrons. The lowest BCUT2D eigenvalue weighted by molar-refractivity contribution is 0.0762. The van der Waals surface area contributed by atoms with Gasteiger partial charge < -0.3 is 19.9 Å². The molecule has 0 unspecified atom stereocenters. The van der Waals surface area contributed by atoms with Gasteiger partial charge in [0, 0.05) is 37.4 Å². The number of rotatable bonds is 3. The Morgan fingerprint density at radius 3 is 2.23 bits per heavy atom. The summed E-state index contributed by atoms with van der Waals surface area (Å²) in [6.07, 6.45) is 0.754. The van der Waals surface area contributed by atoms with E-state index in [1.54, 1.807) is 41.2 Å². The Hall–Kier alpha value is -3.02. The third kappa shape index (κ3) is 4.33. The maximum Gasteiger partial charge on any atom is 0.321 e. The predicted octanol–water partition coefficient (Wildman–Crippen LogP) is 3.08. The van der Waals surface area contributed by atoms with Crippen LogP contribution >= 0.6 is 0 Å². The molecule has 0 bridgehead atoms.